The van der Waals surface area contributed by atoms with Gasteiger partial charge in [0, 0.05) is 25.4 Å². The number of rotatable bonds is 8. The molecule has 0 fully saturated rings. The number of nitrogens with one attached hydrogen (secondary N) is 1. The molecule has 0 aliphatic rings. The van der Waals surface area contributed by atoms with Crippen molar-refractivity contribution in [2.24, 2.45) is 0 Å². The van der Waals surface area contributed by atoms with E-state index in [-0.39, 0.29) is 0 Å². The predicted molar refractivity (Wildman–Crippen MR) is 125 cm³/mol. The van der Waals surface area contributed by atoms with Crippen LogP contribution in [0.2, 0.25) is 0 Å². The molecule has 0 amide bonds. The maximum absolute atomic E-state index is 5.24. The minimum absolute atomic E-state index is 0.603. The van der Waals surface area contributed by atoms with E-state index in [1.54, 1.807) is 13.3 Å². The second-order valence-corrected chi connectivity index (χ2v) is 7.07. The molecule has 1 N–H and O–H groups in total. The normalized spacial score (nSPS) is 10.5. The van der Waals surface area contributed by atoms with E-state index in [0.717, 1.165) is 41.6 Å². The van der Waals surface area contributed by atoms with E-state index in [1.165, 1.54) is 5.56 Å². The molecule has 0 saturated carbocycles. The minimum Gasteiger partial charge on any atom is -0.497 e. The Bertz CT molecular complexity index is 1120. The van der Waals surface area contributed by atoms with E-state index in [9.17, 15) is 0 Å². The first-order valence-corrected chi connectivity index (χ1v) is 10.2. The second-order valence-electron chi connectivity index (χ2n) is 7.07. The van der Waals surface area contributed by atoms with E-state index in [0.29, 0.717) is 5.95 Å². The third kappa shape index (κ3) is 5.17. The summed E-state index contributed by atoms with van der Waals surface area (Å²) in [4.78, 5) is 15.8. The smallest absolute Gasteiger partial charge is 0.224 e. The molecule has 0 radical (unpaired) electrons. The van der Waals surface area contributed by atoms with Gasteiger partial charge in [-0.25, -0.2) is 9.97 Å². The summed E-state index contributed by atoms with van der Waals surface area (Å²) in [5.74, 6) is 3.01. The fraction of sp³-hybridized carbons (Fsp3) is 0.160. The van der Waals surface area contributed by atoms with Crippen LogP contribution in [0.4, 0.5) is 17.6 Å². The van der Waals surface area contributed by atoms with Gasteiger partial charge < -0.3 is 15.0 Å². The highest BCUT2D eigenvalue weighted by molar-refractivity contribution is 5.64. The molecule has 0 saturated heterocycles. The zero-order chi connectivity index (χ0) is 21.5. The van der Waals surface area contributed by atoms with Crippen LogP contribution in [0.1, 0.15) is 5.56 Å². The van der Waals surface area contributed by atoms with Gasteiger partial charge in [0.2, 0.25) is 5.95 Å². The molecule has 0 bridgehead atoms. The van der Waals surface area contributed by atoms with Crippen molar-refractivity contribution in [2.75, 3.05) is 30.9 Å². The van der Waals surface area contributed by atoms with Crippen LogP contribution in [-0.4, -0.2) is 35.7 Å². The van der Waals surface area contributed by atoms with E-state index < -0.39 is 0 Å². The molecule has 2 aromatic carbocycles. The summed E-state index contributed by atoms with van der Waals surface area (Å²) in [6.07, 6.45) is 2.67. The van der Waals surface area contributed by atoms with Crippen LogP contribution in [0.5, 0.6) is 5.75 Å². The lowest BCUT2D eigenvalue weighted by Gasteiger charge is -2.18. The fourth-order valence-electron chi connectivity index (χ4n) is 3.23. The van der Waals surface area contributed by atoms with Crippen molar-refractivity contribution in [2.45, 2.75) is 6.42 Å². The van der Waals surface area contributed by atoms with Crippen LogP contribution in [0.25, 0.3) is 11.3 Å². The van der Waals surface area contributed by atoms with Gasteiger partial charge in [0.05, 0.1) is 12.8 Å². The SMILES string of the molecule is COc1ccc(-c2cccc(N(C)c3ccnc(NCCc4ccccc4)n3)n2)cc1. The third-order valence-corrected chi connectivity index (χ3v) is 4.99. The molecule has 4 rings (SSSR count). The summed E-state index contributed by atoms with van der Waals surface area (Å²) in [7, 11) is 3.62. The Morgan fingerprint density at radius 3 is 2.39 bits per heavy atom. The van der Waals surface area contributed by atoms with Gasteiger partial charge in [-0.1, -0.05) is 36.4 Å². The Morgan fingerprint density at radius 2 is 1.61 bits per heavy atom. The highest BCUT2D eigenvalue weighted by atomic mass is 16.5. The van der Waals surface area contributed by atoms with Crippen LogP contribution < -0.4 is 15.0 Å². The molecule has 0 unspecified atom stereocenters. The summed E-state index contributed by atoms with van der Waals surface area (Å²) in [5.41, 5.74) is 3.20. The summed E-state index contributed by atoms with van der Waals surface area (Å²) >= 11 is 0. The number of aromatic nitrogens is 3. The molecule has 6 heteroatoms. The van der Waals surface area contributed by atoms with Crippen molar-refractivity contribution < 1.29 is 4.74 Å². The van der Waals surface area contributed by atoms with Gasteiger partial charge in [-0.05, 0) is 54.4 Å². The van der Waals surface area contributed by atoms with Crippen molar-refractivity contribution in [1.82, 2.24) is 15.0 Å². The van der Waals surface area contributed by atoms with Crippen LogP contribution in [0.15, 0.2) is 85.1 Å². The number of methoxy groups -OCH3 is 1. The lowest BCUT2D eigenvalue weighted by Crippen LogP contribution is -2.15. The highest BCUT2D eigenvalue weighted by Gasteiger charge is 2.10. The zero-order valence-electron chi connectivity index (χ0n) is 17.7. The molecule has 2 aromatic heterocycles. The summed E-state index contributed by atoms with van der Waals surface area (Å²) in [6.45, 7) is 0.766. The van der Waals surface area contributed by atoms with Crippen LogP contribution in [0, 0.1) is 0 Å². The van der Waals surface area contributed by atoms with E-state index in [2.05, 4.69) is 39.6 Å². The summed E-state index contributed by atoms with van der Waals surface area (Å²) in [5, 5.41) is 3.31. The van der Waals surface area contributed by atoms with Crippen LogP contribution in [0.3, 0.4) is 0 Å². The Morgan fingerprint density at radius 1 is 0.839 bits per heavy atom. The average molecular weight is 412 g/mol. The molecule has 0 atom stereocenters. The minimum atomic E-state index is 0.603. The number of benzene rings is 2. The topological polar surface area (TPSA) is 63.2 Å². The second kappa shape index (κ2) is 9.71. The number of pyridine rings is 1. The van der Waals surface area contributed by atoms with Crippen molar-refractivity contribution in [3.05, 3.63) is 90.6 Å². The monoisotopic (exact) mass is 411 g/mol. The predicted octanol–water partition coefficient (Wildman–Crippen LogP) is 4.97. The van der Waals surface area contributed by atoms with Crippen molar-refractivity contribution in [3.8, 4) is 17.0 Å². The van der Waals surface area contributed by atoms with Crippen molar-refractivity contribution in [3.63, 3.8) is 0 Å². The molecular formula is C25H25N5O. The van der Waals surface area contributed by atoms with Gasteiger partial charge in [0.1, 0.15) is 17.4 Å². The molecule has 6 nitrogen and oxygen atoms in total. The molecule has 0 aliphatic carbocycles. The Labute approximate surface area is 182 Å². The standard InChI is InChI=1S/C25H25N5O/c1-30(23-10-6-9-22(28-23)20-11-13-21(31-2)14-12-20)24-16-18-27-25(29-24)26-17-15-19-7-4-3-5-8-19/h3-14,16,18H,15,17H2,1-2H3,(H,26,27,29). The summed E-state index contributed by atoms with van der Waals surface area (Å²) in [6, 6.07) is 26.1. The molecule has 156 valence electrons. The largest absolute Gasteiger partial charge is 0.497 e. The Kier molecular flexibility index (Phi) is 6.38. The number of hydrogen-bond donors (Lipinski definition) is 1. The average Bonchev–Trinajstić information content (AvgIpc) is 2.84. The van der Waals surface area contributed by atoms with E-state index in [4.69, 9.17) is 9.72 Å². The lowest BCUT2D eigenvalue weighted by atomic mass is 10.1. The van der Waals surface area contributed by atoms with E-state index >= 15 is 0 Å². The number of anilines is 3. The van der Waals surface area contributed by atoms with Gasteiger partial charge in [-0.2, -0.15) is 4.98 Å². The first-order chi connectivity index (χ1) is 15.2. The van der Waals surface area contributed by atoms with E-state index in [1.807, 2.05) is 66.5 Å². The maximum atomic E-state index is 5.24. The van der Waals surface area contributed by atoms with Gasteiger partial charge in [0.25, 0.3) is 0 Å². The van der Waals surface area contributed by atoms with Crippen LogP contribution >= 0.6 is 0 Å². The molecule has 0 spiro atoms. The fourth-order valence-corrected chi connectivity index (χ4v) is 3.23. The number of nitrogens with zero attached hydrogens (tertiary/aromatic N) is 4. The number of ether oxygens (including phenoxy) is 1. The number of hydrogen-bond acceptors (Lipinski definition) is 6. The maximum Gasteiger partial charge on any atom is 0.224 e. The Balaban J connectivity index is 1.46. The molecular weight excluding hydrogens is 386 g/mol. The molecule has 4 aromatic rings. The first-order valence-electron chi connectivity index (χ1n) is 10.2. The zero-order valence-corrected chi connectivity index (χ0v) is 17.7. The van der Waals surface area contributed by atoms with Gasteiger partial charge in [-0.3, -0.25) is 0 Å². The Hall–Kier alpha value is -3.93. The quantitative estimate of drug-likeness (QED) is 0.442. The lowest BCUT2D eigenvalue weighted by molar-refractivity contribution is 0.415. The molecule has 31 heavy (non-hydrogen) atoms. The van der Waals surface area contributed by atoms with Crippen molar-refractivity contribution >= 4 is 17.6 Å². The van der Waals surface area contributed by atoms with Gasteiger partial charge in [-0.15, -0.1) is 0 Å². The van der Waals surface area contributed by atoms with Crippen molar-refractivity contribution in [1.29, 1.82) is 0 Å². The van der Waals surface area contributed by atoms with Gasteiger partial charge in [0.15, 0.2) is 0 Å². The first kappa shape index (κ1) is 20.3. The molecule has 2 heterocycles. The third-order valence-electron chi connectivity index (χ3n) is 4.99. The van der Waals surface area contributed by atoms with Crippen LogP contribution in [-0.2, 0) is 6.42 Å². The summed E-state index contributed by atoms with van der Waals surface area (Å²) < 4.78 is 5.24. The van der Waals surface area contributed by atoms with Gasteiger partial charge >= 0.3 is 0 Å². The molecule has 0 aliphatic heterocycles. The highest BCUT2D eigenvalue weighted by Crippen LogP contribution is 2.25.